The van der Waals surface area contributed by atoms with Gasteiger partial charge in [-0.15, -0.1) is 0 Å². The third-order valence-corrected chi connectivity index (χ3v) is 17.2. The maximum atomic E-state index is 13.0. The SMILES string of the molecule is CCCCCCCCCCCCCCCCCCCCCCCCC(=O)O[C@H](COC(=O)CCCCCCCCCCC(C)C)COP(=O)(O)OC[C@@H](O)COP(=O)(O)OC[C@@H](COC(=O)CCCCCCC)OC(=O)CCCCCCCCC. The molecule has 3 N–H and O–H groups in total. The number of carbonyl (C=O) groups is 4. The first-order valence-corrected chi connectivity index (χ1v) is 37.6. The number of hydrogen-bond donors (Lipinski definition) is 3. The topological polar surface area (TPSA) is 237 Å². The molecule has 85 heavy (non-hydrogen) atoms. The van der Waals surface area contributed by atoms with Gasteiger partial charge in [0.25, 0.3) is 0 Å². The van der Waals surface area contributed by atoms with Crippen LogP contribution in [0.3, 0.4) is 0 Å². The van der Waals surface area contributed by atoms with Gasteiger partial charge in [0, 0.05) is 25.7 Å². The van der Waals surface area contributed by atoms with E-state index in [4.69, 9.17) is 37.0 Å². The summed E-state index contributed by atoms with van der Waals surface area (Å²) in [6.45, 7) is 7.03. The van der Waals surface area contributed by atoms with Gasteiger partial charge in [0.2, 0.25) is 0 Å². The average molecular weight is 1260 g/mol. The molecule has 0 aromatic carbocycles. The van der Waals surface area contributed by atoms with Gasteiger partial charge in [0.1, 0.15) is 19.3 Å². The van der Waals surface area contributed by atoms with Crippen molar-refractivity contribution >= 4 is 39.5 Å². The van der Waals surface area contributed by atoms with Crippen LogP contribution in [0.25, 0.3) is 0 Å². The predicted molar refractivity (Wildman–Crippen MR) is 340 cm³/mol. The number of aliphatic hydroxyl groups excluding tert-OH is 1. The Balaban J connectivity index is 5.03. The molecule has 0 aromatic rings. The normalized spacial score (nSPS) is 14.2. The van der Waals surface area contributed by atoms with Crippen molar-refractivity contribution in [2.75, 3.05) is 39.6 Å². The van der Waals surface area contributed by atoms with E-state index in [-0.39, 0.29) is 25.7 Å². The van der Waals surface area contributed by atoms with Crippen molar-refractivity contribution in [3.05, 3.63) is 0 Å². The monoisotopic (exact) mass is 1250 g/mol. The Morgan fingerprint density at radius 1 is 0.318 bits per heavy atom. The molecule has 0 bridgehead atoms. The van der Waals surface area contributed by atoms with E-state index in [9.17, 15) is 43.2 Å². The van der Waals surface area contributed by atoms with E-state index < -0.39 is 97.5 Å². The van der Waals surface area contributed by atoms with Crippen molar-refractivity contribution < 1.29 is 80.2 Å². The van der Waals surface area contributed by atoms with Gasteiger partial charge in [-0.1, -0.05) is 285 Å². The molecule has 19 heteroatoms. The Hall–Kier alpha value is -1.94. The van der Waals surface area contributed by atoms with Gasteiger partial charge >= 0.3 is 39.5 Å². The third kappa shape index (κ3) is 60.7. The molecule has 0 aromatic heterocycles. The highest BCUT2D eigenvalue weighted by molar-refractivity contribution is 7.47. The minimum atomic E-state index is -4.94. The summed E-state index contributed by atoms with van der Waals surface area (Å²) in [5.41, 5.74) is 0. The molecule has 0 aliphatic heterocycles. The second kappa shape index (κ2) is 59.7. The summed E-state index contributed by atoms with van der Waals surface area (Å²) in [5, 5.41) is 10.5. The molecule has 0 spiro atoms. The molecule has 0 aliphatic rings. The Bertz CT molecular complexity index is 1650. The predicted octanol–water partition coefficient (Wildman–Crippen LogP) is 18.6. The maximum Gasteiger partial charge on any atom is 0.472 e. The number of phosphoric ester groups is 2. The van der Waals surface area contributed by atoms with Crippen LogP contribution in [-0.4, -0.2) is 96.7 Å². The summed E-state index contributed by atoms with van der Waals surface area (Å²) in [6, 6.07) is 0. The van der Waals surface area contributed by atoms with Crippen molar-refractivity contribution in [2.45, 2.75) is 355 Å². The number of unbranched alkanes of at least 4 members (excludes halogenated alkanes) is 38. The maximum absolute atomic E-state index is 13.0. The molecule has 0 rings (SSSR count). The molecule has 0 saturated carbocycles. The number of esters is 4. The Morgan fingerprint density at radius 2 is 0.541 bits per heavy atom. The molecule has 0 fully saturated rings. The van der Waals surface area contributed by atoms with Gasteiger partial charge in [-0.3, -0.25) is 37.3 Å². The lowest BCUT2D eigenvalue weighted by atomic mass is 10.0. The first-order chi connectivity index (χ1) is 41.0. The Kier molecular flexibility index (Phi) is 58.3. The first kappa shape index (κ1) is 83.1. The van der Waals surface area contributed by atoms with E-state index >= 15 is 0 Å². The highest BCUT2D eigenvalue weighted by Crippen LogP contribution is 2.45. The summed E-state index contributed by atoms with van der Waals surface area (Å²) < 4.78 is 67.7. The molecule has 2 unspecified atom stereocenters. The van der Waals surface area contributed by atoms with Crippen LogP contribution >= 0.6 is 15.6 Å². The summed E-state index contributed by atoms with van der Waals surface area (Å²) in [7, 11) is -9.87. The summed E-state index contributed by atoms with van der Waals surface area (Å²) in [4.78, 5) is 71.8. The molecule has 504 valence electrons. The lowest BCUT2D eigenvalue weighted by Crippen LogP contribution is -2.30. The molecular weight excluding hydrogens is 1130 g/mol. The molecule has 0 amide bonds. The number of rotatable bonds is 66. The van der Waals surface area contributed by atoms with Crippen LogP contribution in [0.15, 0.2) is 0 Å². The number of hydrogen-bond acceptors (Lipinski definition) is 15. The molecular formula is C66H128O17P2. The summed E-state index contributed by atoms with van der Waals surface area (Å²) >= 11 is 0. The van der Waals surface area contributed by atoms with Gasteiger partial charge in [-0.25, -0.2) is 9.13 Å². The minimum Gasteiger partial charge on any atom is -0.462 e. The van der Waals surface area contributed by atoms with E-state index in [0.717, 1.165) is 115 Å². The number of ether oxygens (including phenoxy) is 4. The first-order valence-electron chi connectivity index (χ1n) is 34.6. The Labute approximate surface area is 517 Å². The second-order valence-corrected chi connectivity index (χ2v) is 27.2. The standard InChI is InChI=1S/C66H128O17P2/c1-6-9-12-15-17-18-19-20-21-22-23-24-25-26-27-28-29-30-31-37-42-47-52-66(71)83-62(56-77-64(69)50-45-40-36-33-32-35-39-43-48-59(4)5)58-81-85(74,75)79-54-60(67)53-78-84(72,73)80-57-61(55-76-63(68)49-44-38-14-11-8-3)82-65(70)51-46-41-34-16-13-10-7-2/h59-62,67H,6-58H2,1-5H3,(H,72,73)(H,74,75)/t60-,61+,62+/m0/s1. The van der Waals surface area contributed by atoms with E-state index in [2.05, 4.69) is 34.6 Å². The van der Waals surface area contributed by atoms with Gasteiger partial charge in [0.05, 0.1) is 26.4 Å². The molecule has 0 aliphatic carbocycles. The number of aliphatic hydroxyl groups is 1. The van der Waals surface area contributed by atoms with Gasteiger partial charge < -0.3 is 33.8 Å². The van der Waals surface area contributed by atoms with Gasteiger partial charge in [-0.2, -0.15) is 0 Å². The minimum absolute atomic E-state index is 0.103. The zero-order chi connectivity index (χ0) is 62.8. The highest BCUT2D eigenvalue weighted by atomic mass is 31.2. The molecule has 0 radical (unpaired) electrons. The van der Waals surface area contributed by atoms with E-state index in [0.29, 0.717) is 25.7 Å². The highest BCUT2D eigenvalue weighted by Gasteiger charge is 2.30. The fourth-order valence-corrected chi connectivity index (χ4v) is 11.5. The van der Waals surface area contributed by atoms with E-state index in [1.807, 2.05) is 0 Å². The smallest absolute Gasteiger partial charge is 0.462 e. The molecule has 0 saturated heterocycles. The van der Waals surface area contributed by atoms with Crippen LogP contribution in [0.4, 0.5) is 0 Å². The van der Waals surface area contributed by atoms with E-state index in [1.54, 1.807) is 0 Å². The van der Waals surface area contributed by atoms with Crippen LogP contribution in [0.2, 0.25) is 0 Å². The van der Waals surface area contributed by atoms with Crippen LogP contribution < -0.4 is 0 Å². The third-order valence-electron chi connectivity index (χ3n) is 15.3. The van der Waals surface area contributed by atoms with Gasteiger partial charge in [-0.05, 0) is 31.6 Å². The van der Waals surface area contributed by atoms with Crippen LogP contribution in [0.5, 0.6) is 0 Å². The fraction of sp³-hybridized carbons (Fsp3) is 0.939. The zero-order valence-corrected chi connectivity index (χ0v) is 56.5. The van der Waals surface area contributed by atoms with Crippen LogP contribution in [-0.2, 0) is 65.4 Å². The molecule has 5 atom stereocenters. The van der Waals surface area contributed by atoms with Crippen molar-refractivity contribution in [2.24, 2.45) is 5.92 Å². The summed E-state index contributed by atoms with van der Waals surface area (Å²) in [6.07, 6.45) is 45.3. The molecule has 0 heterocycles. The average Bonchev–Trinajstić information content (AvgIpc) is 3.54. The zero-order valence-electron chi connectivity index (χ0n) is 54.7. The number of carbonyl (C=O) groups excluding carboxylic acids is 4. The second-order valence-electron chi connectivity index (χ2n) is 24.3. The quantitative estimate of drug-likeness (QED) is 0.0222. The van der Waals surface area contributed by atoms with E-state index in [1.165, 1.54) is 141 Å². The van der Waals surface area contributed by atoms with Crippen LogP contribution in [0.1, 0.15) is 336 Å². The lowest BCUT2D eigenvalue weighted by Gasteiger charge is -2.21. The summed E-state index contributed by atoms with van der Waals surface area (Å²) in [5.74, 6) is -1.42. The Morgan fingerprint density at radius 3 is 0.800 bits per heavy atom. The lowest BCUT2D eigenvalue weighted by molar-refractivity contribution is -0.161. The largest absolute Gasteiger partial charge is 0.472 e. The van der Waals surface area contributed by atoms with Crippen molar-refractivity contribution in [3.8, 4) is 0 Å². The number of phosphoric acid groups is 2. The van der Waals surface area contributed by atoms with Crippen molar-refractivity contribution in [1.29, 1.82) is 0 Å². The van der Waals surface area contributed by atoms with Crippen LogP contribution in [0, 0.1) is 5.92 Å². The fourth-order valence-electron chi connectivity index (χ4n) is 9.94. The van der Waals surface area contributed by atoms with Crippen molar-refractivity contribution in [1.82, 2.24) is 0 Å². The van der Waals surface area contributed by atoms with Gasteiger partial charge in [0.15, 0.2) is 12.2 Å². The van der Waals surface area contributed by atoms with Crippen molar-refractivity contribution in [3.63, 3.8) is 0 Å². The molecule has 17 nitrogen and oxygen atoms in total.